The normalized spacial score (nSPS) is 10.4. The van der Waals surface area contributed by atoms with Crippen molar-refractivity contribution >= 4 is 27.6 Å². The van der Waals surface area contributed by atoms with Crippen molar-refractivity contribution in [1.82, 2.24) is 15.2 Å². The van der Waals surface area contributed by atoms with Crippen molar-refractivity contribution in [3.8, 4) is 17.3 Å². The number of urea groups is 1. The third-order valence-corrected chi connectivity index (χ3v) is 4.70. The summed E-state index contributed by atoms with van der Waals surface area (Å²) in [7, 11) is 1.62. The summed E-state index contributed by atoms with van der Waals surface area (Å²) >= 11 is 3.45. The Morgan fingerprint density at radius 2 is 2.00 bits per heavy atom. The van der Waals surface area contributed by atoms with E-state index >= 15 is 0 Å². The molecule has 0 spiro atoms. The van der Waals surface area contributed by atoms with Gasteiger partial charge in [0.1, 0.15) is 12.4 Å². The van der Waals surface area contributed by atoms with Crippen LogP contribution >= 0.6 is 15.9 Å². The van der Waals surface area contributed by atoms with Gasteiger partial charge < -0.3 is 9.47 Å². The van der Waals surface area contributed by atoms with Gasteiger partial charge in [-0.05, 0) is 36.4 Å². The number of amides is 2. The average molecular weight is 447 g/mol. The summed E-state index contributed by atoms with van der Waals surface area (Å²) in [4.78, 5) is 11.7. The standard InChI is InChI=1S/C18H19BrN6O3/c1-27-13-7-5-12(6-8-13)24-10-9-17(23-24)28-11-14-15(19)3-2-4-16(14)25(21)18(26)22-20/h2-10H,11,20-21H2,1H3,(H,22,26). The number of nitrogens with zero attached hydrogens (tertiary/aromatic N) is 3. The first kappa shape index (κ1) is 19.7. The van der Waals surface area contributed by atoms with Crippen molar-refractivity contribution in [3.05, 3.63) is 64.8 Å². The Morgan fingerprint density at radius 1 is 1.25 bits per heavy atom. The molecular formula is C18H19BrN6O3. The molecule has 0 radical (unpaired) electrons. The number of methoxy groups -OCH3 is 1. The maximum atomic E-state index is 11.7. The Balaban J connectivity index is 1.76. The van der Waals surface area contributed by atoms with Gasteiger partial charge in [-0.25, -0.2) is 26.2 Å². The van der Waals surface area contributed by atoms with E-state index in [4.69, 9.17) is 21.2 Å². The molecule has 0 bridgehead atoms. The summed E-state index contributed by atoms with van der Waals surface area (Å²) < 4.78 is 13.4. The fourth-order valence-corrected chi connectivity index (χ4v) is 2.97. The second kappa shape index (κ2) is 8.74. The van der Waals surface area contributed by atoms with Crippen LogP contribution in [0, 0.1) is 0 Å². The van der Waals surface area contributed by atoms with Gasteiger partial charge in [0.15, 0.2) is 0 Å². The molecular weight excluding hydrogens is 428 g/mol. The van der Waals surface area contributed by atoms with Gasteiger partial charge in [0, 0.05) is 22.3 Å². The molecule has 1 aromatic heterocycles. The molecule has 0 saturated carbocycles. The number of aromatic nitrogens is 2. The quantitative estimate of drug-likeness (QED) is 0.303. The molecule has 28 heavy (non-hydrogen) atoms. The highest BCUT2D eigenvalue weighted by molar-refractivity contribution is 9.10. The molecule has 146 valence electrons. The molecule has 0 saturated heterocycles. The second-order valence-electron chi connectivity index (χ2n) is 5.64. The van der Waals surface area contributed by atoms with E-state index in [9.17, 15) is 4.79 Å². The van der Waals surface area contributed by atoms with Crippen LogP contribution in [0.1, 0.15) is 5.56 Å². The molecule has 0 aliphatic heterocycles. The molecule has 0 aliphatic carbocycles. The zero-order valence-electron chi connectivity index (χ0n) is 15.0. The monoisotopic (exact) mass is 446 g/mol. The minimum absolute atomic E-state index is 0.141. The predicted molar refractivity (Wildman–Crippen MR) is 108 cm³/mol. The Kier molecular flexibility index (Phi) is 6.14. The summed E-state index contributed by atoms with van der Waals surface area (Å²) in [6.45, 7) is 0.141. The largest absolute Gasteiger partial charge is 0.497 e. The maximum Gasteiger partial charge on any atom is 0.350 e. The fourth-order valence-electron chi connectivity index (χ4n) is 2.50. The van der Waals surface area contributed by atoms with Gasteiger partial charge in [-0.1, -0.05) is 22.0 Å². The van der Waals surface area contributed by atoms with Crippen LogP contribution in [0.15, 0.2) is 59.2 Å². The predicted octanol–water partition coefficient (Wildman–Crippen LogP) is 2.49. The number of hydrogen-bond acceptors (Lipinski definition) is 6. The number of rotatable bonds is 6. The molecule has 0 unspecified atom stereocenters. The molecule has 9 nitrogen and oxygen atoms in total. The molecule has 2 amide bonds. The van der Waals surface area contributed by atoms with Crippen molar-refractivity contribution < 1.29 is 14.3 Å². The zero-order chi connectivity index (χ0) is 20.1. The summed E-state index contributed by atoms with van der Waals surface area (Å²) in [6.07, 6.45) is 1.79. The number of anilines is 1. The first-order valence-corrected chi connectivity index (χ1v) is 8.98. The Bertz CT molecular complexity index is 960. The van der Waals surface area contributed by atoms with E-state index in [2.05, 4.69) is 21.0 Å². The van der Waals surface area contributed by atoms with Crippen LogP contribution in [-0.2, 0) is 6.61 Å². The van der Waals surface area contributed by atoms with E-state index in [-0.39, 0.29) is 6.61 Å². The van der Waals surface area contributed by atoms with Gasteiger partial charge in [0.25, 0.3) is 0 Å². The van der Waals surface area contributed by atoms with Crippen molar-refractivity contribution in [2.75, 3.05) is 12.1 Å². The first-order chi connectivity index (χ1) is 13.5. The van der Waals surface area contributed by atoms with Crippen molar-refractivity contribution in [2.24, 2.45) is 11.7 Å². The second-order valence-corrected chi connectivity index (χ2v) is 6.50. The van der Waals surface area contributed by atoms with Crippen LogP contribution in [0.2, 0.25) is 0 Å². The van der Waals surface area contributed by atoms with Crippen LogP contribution in [0.4, 0.5) is 10.5 Å². The van der Waals surface area contributed by atoms with E-state index < -0.39 is 6.03 Å². The number of carbonyl (C=O) groups excluding carboxylic acids is 1. The highest BCUT2D eigenvalue weighted by atomic mass is 79.9. The lowest BCUT2D eigenvalue weighted by Crippen LogP contribution is -2.48. The lowest BCUT2D eigenvalue weighted by atomic mass is 10.2. The summed E-state index contributed by atoms with van der Waals surface area (Å²) in [5.41, 5.74) is 3.98. The van der Waals surface area contributed by atoms with Crippen LogP contribution in [0.25, 0.3) is 5.69 Å². The first-order valence-electron chi connectivity index (χ1n) is 8.19. The number of ether oxygens (including phenoxy) is 2. The van der Waals surface area contributed by atoms with E-state index in [0.717, 1.165) is 20.9 Å². The topological polar surface area (TPSA) is 121 Å². The van der Waals surface area contributed by atoms with Crippen LogP contribution in [0.5, 0.6) is 11.6 Å². The van der Waals surface area contributed by atoms with Crippen LogP contribution in [0.3, 0.4) is 0 Å². The van der Waals surface area contributed by atoms with Gasteiger partial charge in [0.05, 0.1) is 18.5 Å². The number of nitrogens with one attached hydrogen (secondary N) is 1. The summed E-state index contributed by atoms with van der Waals surface area (Å²) in [5, 5.41) is 5.32. The number of carbonyl (C=O) groups is 1. The zero-order valence-corrected chi connectivity index (χ0v) is 16.6. The molecule has 1 heterocycles. The van der Waals surface area contributed by atoms with Gasteiger partial charge in [-0.2, -0.15) is 0 Å². The van der Waals surface area contributed by atoms with Crippen molar-refractivity contribution in [1.29, 1.82) is 0 Å². The average Bonchev–Trinajstić information content (AvgIpc) is 3.20. The van der Waals surface area contributed by atoms with Crippen molar-refractivity contribution in [2.45, 2.75) is 6.61 Å². The number of hydrogen-bond donors (Lipinski definition) is 3. The van der Waals surface area contributed by atoms with E-state index in [1.807, 2.05) is 35.8 Å². The van der Waals surface area contributed by atoms with Crippen LogP contribution < -0.4 is 31.6 Å². The molecule has 0 atom stereocenters. The highest BCUT2D eigenvalue weighted by Crippen LogP contribution is 2.28. The van der Waals surface area contributed by atoms with Gasteiger partial charge in [-0.15, -0.1) is 5.10 Å². The van der Waals surface area contributed by atoms with E-state index in [0.29, 0.717) is 17.1 Å². The minimum atomic E-state index is -0.650. The molecule has 3 aromatic rings. The Hall–Kier alpha value is -3.08. The summed E-state index contributed by atoms with van der Waals surface area (Å²) in [5.74, 6) is 12.2. The van der Waals surface area contributed by atoms with Crippen molar-refractivity contribution in [3.63, 3.8) is 0 Å². The lowest BCUT2D eigenvalue weighted by Gasteiger charge is -2.20. The third-order valence-electron chi connectivity index (χ3n) is 3.96. The highest BCUT2D eigenvalue weighted by Gasteiger charge is 2.17. The molecule has 2 aromatic carbocycles. The molecule has 3 rings (SSSR count). The molecule has 0 aliphatic rings. The Morgan fingerprint density at radius 3 is 2.68 bits per heavy atom. The summed E-state index contributed by atoms with van der Waals surface area (Å²) in [6, 6.07) is 13.8. The maximum absolute atomic E-state index is 11.7. The third kappa shape index (κ3) is 4.25. The number of halogens is 1. The van der Waals surface area contributed by atoms with E-state index in [1.165, 1.54) is 0 Å². The molecule has 10 heteroatoms. The number of hydrazine groups is 2. The number of nitrogens with two attached hydrogens (primary N) is 2. The minimum Gasteiger partial charge on any atom is -0.497 e. The SMILES string of the molecule is COc1ccc(-n2ccc(OCc3c(Br)cccc3N(N)C(=O)NN)n2)cc1. The molecule has 0 fully saturated rings. The van der Waals surface area contributed by atoms with Gasteiger partial charge >= 0.3 is 6.03 Å². The molecule has 5 N–H and O–H groups in total. The van der Waals surface area contributed by atoms with Gasteiger partial charge in [0.2, 0.25) is 5.88 Å². The fraction of sp³-hybridized carbons (Fsp3) is 0.111. The Labute approximate surface area is 169 Å². The number of benzene rings is 2. The smallest absolute Gasteiger partial charge is 0.350 e. The van der Waals surface area contributed by atoms with Gasteiger partial charge in [-0.3, -0.25) is 5.43 Å². The van der Waals surface area contributed by atoms with Crippen LogP contribution in [-0.4, -0.2) is 22.9 Å². The van der Waals surface area contributed by atoms with E-state index in [1.54, 1.807) is 36.2 Å². The lowest BCUT2D eigenvalue weighted by molar-refractivity contribution is 0.246.